The smallest absolute Gasteiger partial charge is 0.0176 e. The van der Waals surface area contributed by atoms with Crippen LogP contribution in [0.4, 0.5) is 0 Å². The second-order valence-corrected chi connectivity index (χ2v) is 3.90. The Bertz CT molecular complexity index is 302. The second-order valence-electron chi connectivity index (χ2n) is 3.90. The molecule has 1 aliphatic heterocycles. The van der Waals surface area contributed by atoms with Crippen LogP contribution in [0.1, 0.15) is 12.0 Å². The Balaban J connectivity index is 2.00. The highest BCUT2D eigenvalue weighted by Gasteiger charge is 2.15. The van der Waals surface area contributed by atoms with Gasteiger partial charge in [0.05, 0.1) is 0 Å². The summed E-state index contributed by atoms with van der Waals surface area (Å²) in [5.41, 5.74) is 1.42. The maximum atomic E-state index is 3.32. The van der Waals surface area contributed by atoms with Gasteiger partial charge in [0, 0.05) is 12.6 Å². The van der Waals surface area contributed by atoms with Crippen molar-refractivity contribution in [3.8, 4) is 0 Å². The van der Waals surface area contributed by atoms with Gasteiger partial charge in [-0.25, -0.2) is 0 Å². The van der Waals surface area contributed by atoms with E-state index in [1.54, 1.807) is 0 Å². The van der Waals surface area contributed by atoms with Gasteiger partial charge in [-0.05, 0) is 31.5 Å². The van der Waals surface area contributed by atoms with Crippen molar-refractivity contribution in [1.82, 2.24) is 4.90 Å². The van der Waals surface area contributed by atoms with Crippen LogP contribution in [-0.4, -0.2) is 24.5 Å². The first-order chi connectivity index (χ1) is 6.86. The fourth-order valence-electron chi connectivity index (χ4n) is 1.85. The first-order valence-electron chi connectivity index (χ1n) is 5.15. The molecule has 0 bridgehead atoms. The Morgan fingerprint density at radius 2 is 2.14 bits per heavy atom. The molecule has 14 heavy (non-hydrogen) atoms. The lowest BCUT2D eigenvalue weighted by Gasteiger charge is -2.28. The Kier molecular flexibility index (Phi) is 3.00. The molecule has 73 valence electrons. The minimum absolute atomic E-state index is 0.627. The van der Waals surface area contributed by atoms with Crippen molar-refractivity contribution in [2.75, 3.05) is 13.6 Å². The quantitative estimate of drug-likeness (QED) is 0.685. The molecule has 0 spiro atoms. The summed E-state index contributed by atoms with van der Waals surface area (Å²) in [4.78, 5) is 2.39. The average molecular weight is 186 g/mol. The van der Waals surface area contributed by atoms with E-state index >= 15 is 0 Å². The maximum absolute atomic E-state index is 3.32. The summed E-state index contributed by atoms with van der Waals surface area (Å²) >= 11 is 0. The van der Waals surface area contributed by atoms with Crippen molar-refractivity contribution < 1.29 is 0 Å². The van der Waals surface area contributed by atoms with Crippen LogP contribution in [0.3, 0.4) is 0 Å². The average Bonchev–Trinajstić information content (AvgIpc) is 2.23. The van der Waals surface area contributed by atoms with Crippen LogP contribution in [0.5, 0.6) is 0 Å². The molecule has 0 aliphatic carbocycles. The molecule has 0 amide bonds. The number of hydrogen-bond acceptors (Lipinski definition) is 1. The number of likely N-dealkylation sites (N-methyl/N-ethyl adjacent to an activating group) is 1. The van der Waals surface area contributed by atoms with Crippen molar-refractivity contribution in [1.29, 1.82) is 0 Å². The van der Waals surface area contributed by atoms with E-state index in [-0.39, 0.29) is 0 Å². The monoisotopic (exact) mass is 186 g/mol. The second kappa shape index (κ2) is 4.43. The van der Waals surface area contributed by atoms with E-state index < -0.39 is 0 Å². The molecule has 1 nitrogen and oxygen atoms in total. The van der Waals surface area contributed by atoms with Crippen LogP contribution >= 0.6 is 0 Å². The highest BCUT2D eigenvalue weighted by atomic mass is 15.1. The predicted molar refractivity (Wildman–Crippen MR) is 59.0 cm³/mol. The highest BCUT2D eigenvalue weighted by Crippen LogP contribution is 2.14. The van der Waals surface area contributed by atoms with Crippen molar-refractivity contribution in [3.05, 3.63) is 48.0 Å². The van der Waals surface area contributed by atoms with Gasteiger partial charge < -0.3 is 0 Å². The van der Waals surface area contributed by atoms with E-state index in [1.165, 1.54) is 5.56 Å². The highest BCUT2D eigenvalue weighted by molar-refractivity contribution is 5.16. The summed E-state index contributed by atoms with van der Waals surface area (Å²) < 4.78 is 0. The van der Waals surface area contributed by atoms with Crippen molar-refractivity contribution >= 4 is 0 Å². The summed E-state index contributed by atoms with van der Waals surface area (Å²) in [6, 6.07) is 11.3. The van der Waals surface area contributed by atoms with Crippen LogP contribution in [0.15, 0.2) is 36.4 Å². The van der Waals surface area contributed by atoms with E-state index in [0.717, 1.165) is 19.4 Å². The van der Waals surface area contributed by atoms with Gasteiger partial charge in [0.2, 0.25) is 0 Å². The van der Waals surface area contributed by atoms with Crippen molar-refractivity contribution in [2.45, 2.75) is 18.9 Å². The third-order valence-corrected chi connectivity index (χ3v) is 2.81. The summed E-state index contributed by atoms with van der Waals surface area (Å²) in [5, 5.41) is 0. The Labute approximate surface area is 86.1 Å². The first kappa shape index (κ1) is 9.47. The molecule has 1 radical (unpaired) electrons. The van der Waals surface area contributed by atoms with Gasteiger partial charge in [-0.15, -0.1) is 0 Å². The fourth-order valence-corrected chi connectivity index (χ4v) is 1.85. The van der Waals surface area contributed by atoms with Crippen LogP contribution in [0.2, 0.25) is 0 Å². The SMILES string of the molecule is CN1CC=[C]CC1Cc1ccccc1. The zero-order valence-electron chi connectivity index (χ0n) is 8.61. The van der Waals surface area contributed by atoms with Crippen LogP contribution in [0.25, 0.3) is 0 Å². The Morgan fingerprint density at radius 3 is 2.86 bits per heavy atom. The zero-order chi connectivity index (χ0) is 9.80. The molecule has 1 atom stereocenters. The molecular formula is C13H16N. The molecule has 1 aromatic rings. The van der Waals surface area contributed by atoms with Gasteiger partial charge in [0.25, 0.3) is 0 Å². The van der Waals surface area contributed by atoms with Crippen LogP contribution in [-0.2, 0) is 6.42 Å². The van der Waals surface area contributed by atoms with Gasteiger partial charge in [0.15, 0.2) is 0 Å². The van der Waals surface area contributed by atoms with Gasteiger partial charge in [-0.1, -0.05) is 36.4 Å². The summed E-state index contributed by atoms with van der Waals surface area (Å²) in [6.45, 7) is 1.04. The number of hydrogen-bond donors (Lipinski definition) is 0. The molecule has 1 aliphatic rings. The molecule has 0 N–H and O–H groups in total. The van der Waals surface area contributed by atoms with Gasteiger partial charge in [-0.2, -0.15) is 0 Å². The summed E-state index contributed by atoms with van der Waals surface area (Å²) in [7, 11) is 2.19. The lowest BCUT2D eigenvalue weighted by molar-refractivity contribution is 0.251. The summed E-state index contributed by atoms with van der Waals surface area (Å²) in [5.74, 6) is 0. The minimum Gasteiger partial charge on any atom is -0.299 e. The van der Waals surface area contributed by atoms with E-state index in [9.17, 15) is 0 Å². The molecule has 0 fully saturated rings. The van der Waals surface area contributed by atoms with E-state index in [1.807, 2.05) is 0 Å². The van der Waals surface area contributed by atoms with Crippen LogP contribution in [0, 0.1) is 6.08 Å². The van der Waals surface area contributed by atoms with Crippen LogP contribution < -0.4 is 0 Å². The number of rotatable bonds is 2. The molecule has 1 aromatic carbocycles. The predicted octanol–water partition coefficient (Wildman–Crippen LogP) is 2.29. The lowest BCUT2D eigenvalue weighted by atomic mass is 10.00. The van der Waals surface area contributed by atoms with Crippen molar-refractivity contribution in [2.24, 2.45) is 0 Å². The number of nitrogens with zero attached hydrogens (tertiary/aromatic N) is 1. The van der Waals surface area contributed by atoms with Gasteiger partial charge in [0.1, 0.15) is 0 Å². The molecule has 0 aromatic heterocycles. The lowest BCUT2D eigenvalue weighted by Crippen LogP contribution is -2.35. The van der Waals surface area contributed by atoms with E-state index in [2.05, 4.69) is 54.4 Å². The largest absolute Gasteiger partial charge is 0.299 e. The first-order valence-corrected chi connectivity index (χ1v) is 5.15. The fraction of sp³-hybridized carbons (Fsp3) is 0.385. The third kappa shape index (κ3) is 2.24. The third-order valence-electron chi connectivity index (χ3n) is 2.81. The molecule has 0 saturated heterocycles. The summed E-state index contributed by atoms with van der Waals surface area (Å²) in [6.07, 6.45) is 7.64. The Morgan fingerprint density at radius 1 is 1.36 bits per heavy atom. The Hall–Kier alpha value is -1.08. The normalized spacial score (nSPS) is 22.5. The molecule has 1 heteroatoms. The standard InChI is InChI=1S/C13H16N/c1-14-10-6-5-9-13(14)11-12-7-3-2-4-8-12/h2-4,6-8,13H,9-11H2,1H3. The minimum atomic E-state index is 0.627. The zero-order valence-corrected chi connectivity index (χ0v) is 8.61. The molecule has 1 unspecified atom stereocenters. The van der Waals surface area contributed by atoms with Gasteiger partial charge in [-0.3, -0.25) is 4.90 Å². The number of benzene rings is 1. The molecule has 0 saturated carbocycles. The maximum Gasteiger partial charge on any atom is 0.0176 e. The molecule has 1 heterocycles. The van der Waals surface area contributed by atoms with Gasteiger partial charge >= 0.3 is 0 Å². The topological polar surface area (TPSA) is 3.24 Å². The van der Waals surface area contributed by atoms with E-state index in [4.69, 9.17) is 0 Å². The molecular weight excluding hydrogens is 170 g/mol. The van der Waals surface area contributed by atoms with Crippen molar-refractivity contribution in [3.63, 3.8) is 0 Å². The molecule has 2 rings (SSSR count). The van der Waals surface area contributed by atoms with E-state index in [0.29, 0.717) is 6.04 Å².